The summed E-state index contributed by atoms with van der Waals surface area (Å²) in [4.78, 5) is 42.3. The Hall–Kier alpha value is -3.72. The maximum atomic E-state index is 14.2. The Kier molecular flexibility index (Phi) is 9.73. The second kappa shape index (κ2) is 12.6. The van der Waals surface area contributed by atoms with Crippen LogP contribution < -0.4 is 10.6 Å². The third-order valence-electron chi connectivity index (χ3n) is 6.68. The molecule has 40 heavy (non-hydrogen) atoms. The van der Waals surface area contributed by atoms with Gasteiger partial charge in [-0.05, 0) is 70.0 Å². The summed E-state index contributed by atoms with van der Waals surface area (Å²) >= 11 is 4.34. The van der Waals surface area contributed by atoms with Gasteiger partial charge in [0.05, 0.1) is 0 Å². The summed E-state index contributed by atoms with van der Waals surface area (Å²) in [5.74, 6) is -1.21. The molecule has 0 saturated carbocycles. The SMILES string of the molecule is CCC(C)(C)N(C(=O)C(CS)NC(=O)OC(C)(C)C)C(C(=O)Nc1ccc2ccccc2c1)c1ccccc1O. The number of fused-ring (bicyclic) bond motifs is 1. The standard InChI is InChI=1S/C31H39N3O5S/c1-7-31(5,6)34(28(37)24(19-40)33-29(38)39-30(2,3)4)26(23-14-10-11-15-25(23)35)27(36)32-22-17-16-20-12-8-9-13-21(20)18-22/h8-18,24,26,35,40H,7,19H2,1-6H3,(H,32,36)(H,33,38). The Balaban J connectivity index is 2.07. The number of phenols is 1. The zero-order valence-corrected chi connectivity index (χ0v) is 24.8. The monoisotopic (exact) mass is 565 g/mol. The maximum Gasteiger partial charge on any atom is 0.408 e. The van der Waals surface area contributed by atoms with Gasteiger partial charge in [-0.1, -0.05) is 55.5 Å². The Labute approximate surface area is 241 Å². The average molecular weight is 566 g/mol. The highest BCUT2D eigenvalue weighted by atomic mass is 32.1. The van der Waals surface area contributed by atoms with E-state index in [1.54, 1.807) is 45.0 Å². The number of ether oxygens (including phenoxy) is 1. The first kappa shape index (κ1) is 30.8. The minimum Gasteiger partial charge on any atom is -0.508 e. The van der Waals surface area contributed by atoms with Crippen molar-refractivity contribution in [3.8, 4) is 5.75 Å². The second-order valence-electron chi connectivity index (χ2n) is 11.3. The number of phenolic OH excluding ortho intramolecular Hbond substituents is 1. The smallest absolute Gasteiger partial charge is 0.408 e. The van der Waals surface area contributed by atoms with Crippen LogP contribution in [0, 0.1) is 0 Å². The molecule has 8 nitrogen and oxygen atoms in total. The Morgan fingerprint density at radius 1 is 0.950 bits per heavy atom. The molecule has 3 rings (SSSR count). The average Bonchev–Trinajstić information content (AvgIpc) is 2.89. The number of carbonyl (C=O) groups excluding carboxylic acids is 3. The van der Waals surface area contributed by atoms with Crippen molar-refractivity contribution in [1.29, 1.82) is 0 Å². The third kappa shape index (κ3) is 7.47. The molecular formula is C31H39N3O5S. The van der Waals surface area contributed by atoms with Gasteiger partial charge in [-0.2, -0.15) is 12.6 Å². The second-order valence-corrected chi connectivity index (χ2v) is 11.6. The lowest BCUT2D eigenvalue weighted by molar-refractivity contribution is -0.147. The number of carbonyl (C=O) groups is 3. The van der Waals surface area contributed by atoms with E-state index >= 15 is 0 Å². The third-order valence-corrected chi connectivity index (χ3v) is 7.05. The molecule has 0 heterocycles. The number of amides is 3. The number of nitrogens with one attached hydrogen (secondary N) is 2. The van der Waals surface area contributed by atoms with Gasteiger partial charge >= 0.3 is 6.09 Å². The number of aromatic hydroxyl groups is 1. The number of alkyl carbamates (subject to hydrolysis) is 1. The highest BCUT2D eigenvalue weighted by Crippen LogP contribution is 2.36. The minimum absolute atomic E-state index is 0.0336. The molecule has 0 spiro atoms. The highest BCUT2D eigenvalue weighted by Gasteiger charge is 2.43. The molecule has 0 aliphatic rings. The normalized spacial score (nSPS) is 13.3. The van der Waals surface area contributed by atoms with E-state index in [2.05, 4.69) is 23.3 Å². The Bertz CT molecular complexity index is 1370. The van der Waals surface area contributed by atoms with Gasteiger partial charge in [0.15, 0.2) is 0 Å². The molecule has 0 bridgehead atoms. The topological polar surface area (TPSA) is 108 Å². The van der Waals surface area contributed by atoms with Crippen molar-refractivity contribution < 1.29 is 24.2 Å². The molecule has 0 aliphatic carbocycles. The lowest BCUT2D eigenvalue weighted by Gasteiger charge is -2.44. The van der Waals surface area contributed by atoms with Crippen LogP contribution in [0.25, 0.3) is 10.8 Å². The Morgan fingerprint density at radius 3 is 2.17 bits per heavy atom. The van der Waals surface area contributed by atoms with Crippen LogP contribution in [0.3, 0.4) is 0 Å². The number of benzene rings is 3. The predicted octanol–water partition coefficient (Wildman–Crippen LogP) is 6.07. The number of rotatable bonds is 9. The van der Waals surface area contributed by atoms with Gasteiger partial charge in [-0.25, -0.2) is 4.79 Å². The predicted molar refractivity (Wildman–Crippen MR) is 162 cm³/mol. The molecule has 0 aliphatic heterocycles. The fourth-order valence-electron chi connectivity index (χ4n) is 4.34. The lowest BCUT2D eigenvalue weighted by Crippen LogP contribution is -2.59. The van der Waals surface area contributed by atoms with Crippen LogP contribution in [0.5, 0.6) is 5.75 Å². The molecule has 214 valence electrons. The summed E-state index contributed by atoms with van der Waals surface area (Å²) in [6, 6.07) is 17.4. The van der Waals surface area contributed by atoms with E-state index in [4.69, 9.17) is 4.74 Å². The summed E-state index contributed by atoms with van der Waals surface area (Å²) in [7, 11) is 0. The number of hydrogen-bond donors (Lipinski definition) is 4. The number of para-hydroxylation sites is 1. The van der Waals surface area contributed by atoms with Crippen LogP contribution in [-0.2, 0) is 14.3 Å². The number of anilines is 1. The molecule has 3 amide bonds. The lowest BCUT2D eigenvalue weighted by atomic mass is 9.91. The fourth-order valence-corrected chi connectivity index (χ4v) is 4.59. The minimum atomic E-state index is -1.22. The van der Waals surface area contributed by atoms with Crippen molar-refractivity contribution in [2.24, 2.45) is 0 Å². The number of thiol groups is 1. The van der Waals surface area contributed by atoms with E-state index in [-0.39, 0.29) is 17.1 Å². The molecule has 2 atom stereocenters. The summed E-state index contributed by atoms with van der Waals surface area (Å²) in [5, 5.41) is 18.4. The zero-order chi connectivity index (χ0) is 29.7. The van der Waals surface area contributed by atoms with E-state index < -0.39 is 41.1 Å². The van der Waals surface area contributed by atoms with Crippen LogP contribution in [0.2, 0.25) is 0 Å². The number of hydrogen-bond acceptors (Lipinski definition) is 6. The molecule has 0 radical (unpaired) electrons. The Morgan fingerprint density at radius 2 is 1.57 bits per heavy atom. The first-order valence-electron chi connectivity index (χ1n) is 13.3. The largest absolute Gasteiger partial charge is 0.508 e. The van der Waals surface area contributed by atoms with Crippen LogP contribution >= 0.6 is 12.6 Å². The van der Waals surface area contributed by atoms with E-state index in [0.717, 1.165) is 10.8 Å². The molecule has 3 aromatic rings. The van der Waals surface area contributed by atoms with Gasteiger partial charge in [0.1, 0.15) is 23.4 Å². The summed E-state index contributed by atoms with van der Waals surface area (Å²) in [6.45, 7) is 10.8. The molecule has 0 saturated heterocycles. The molecular weight excluding hydrogens is 526 g/mol. The van der Waals surface area contributed by atoms with Crippen molar-refractivity contribution in [3.05, 3.63) is 72.3 Å². The van der Waals surface area contributed by atoms with Crippen molar-refractivity contribution in [2.45, 2.75) is 71.2 Å². The fraction of sp³-hybridized carbons (Fsp3) is 0.387. The number of nitrogens with zero attached hydrogens (tertiary/aromatic N) is 1. The van der Waals surface area contributed by atoms with Gasteiger partial charge in [-0.3, -0.25) is 9.59 Å². The molecule has 3 N–H and O–H groups in total. The maximum absolute atomic E-state index is 14.2. The molecule has 0 fully saturated rings. The summed E-state index contributed by atoms with van der Waals surface area (Å²) in [5.41, 5.74) is -0.828. The van der Waals surface area contributed by atoms with Crippen molar-refractivity contribution in [1.82, 2.24) is 10.2 Å². The van der Waals surface area contributed by atoms with Crippen molar-refractivity contribution in [2.75, 3.05) is 11.1 Å². The van der Waals surface area contributed by atoms with Gasteiger partial charge < -0.3 is 25.4 Å². The summed E-state index contributed by atoms with van der Waals surface area (Å²) in [6.07, 6.45) is -0.286. The first-order chi connectivity index (χ1) is 18.8. The van der Waals surface area contributed by atoms with E-state index in [1.165, 1.54) is 11.0 Å². The van der Waals surface area contributed by atoms with Crippen molar-refractivity contribution in [3.63, 3.8) is 0 Å². The quantitative estimate of drug-likeness (QED) is 0.236. The molecule has 2 unspecified atom stereocenters. The van der Waals surface area contributed by atoms with Crippen LogP contribution in [0.4, 0.5) is 10.5 Å². The van der Waals surface area contributed by atoms with Crippen molar-refractivity contribution >= 4 is 47.0 Å². The van der Waals surface area contributed by atoms with Crippen LogP contribution in [-0.4, -0.2) is 50.8 Å². The van der Waals surface area contributed by atoms with Crippen LogP contribution in [0.15, 0.2) is 66.7 Å². The zero-order valence-electron chi connectivity index (χ0n) is 23.9. The van der Waals surface area contributed by atoms with E-state index in [0.29, 0.717) is 12.1 Å². The molecule has 9 heteroatoms. The van der Waals surface area contributed by atoms with Gasteiger partial charge in [0, 0.05) is 22.5 Å². The van der Waals surface area contributed by atoms with E-state index in [9.17, 15) is 19.5 Å². The summed E-state index contributed by atoms with van der Waals surface area (Å²) < 4.78 is 5.36. The molecule has 3 aromatic carbocycles. The highest BCUT2D eigenvalue weighted by molar-refractivity contribution is 7.80. The van der Waals surface area contributed by atoms with Gasteiger partial charge in [0.25, 0.3) is 5.91 Å². The van der Waals surface area contributed by atoms with E-state index in [1.807, 2.05) is 57.2 Å². The van der Waals surface area contributed by atoms with Gasteiger partial charge in [0.2, 0.25) is 5.91 Å². The van der Waals surface area contributed by atoms with Gasteiger partial charge in [-0.15, -0.1) is 0 Å². The molecule has 0 aromatic heterocycles. The van der Waals surface area contributed by atoms with Crippen LogP contribution in [0.1, 0.15) is 59.6 Å². The first-order valence-corrected chi connectivity index (χ1v) is 13.9.